The lowest BCUT2D eigenvalue weighted by atomic mass is 9.55. The summed E-state index contributed by atoms with van der Waals surface area (Å²) in [4.78, 5) is 14.7. The lowest BCUT2D eigenvalue weighted by Crippen LogP contribution is -2.41. The summed E-state index contributed by atoms with van der Waals surface area (Å²) in [7, 11) is 0. The lowest BCUT2D eigenvalue weighted by Gasteiger charge is -2.50. The van der Waals surface area contributed by atoms with E-state index in [4.69, 9.17) is 26.6 Å². The average molecular weight is 462 g/mol. The number of pyridine rings is 1. The number of hydrogen-bond donors (Lipinski definition) is 0. The predicted molar refractivity (Wildman–Crippen MR) is 138 cm³/mol. The molecule has 2 saturated carbocycles. The molecule has 0 bridgehead atoms. The van der Waals surface area contributed by atoms with Gasteiger partial charge in [-0.05, 0) is 74.8 Å². The summed E-state index contributed by atoms with van der Waals surface area (Å²) < 4.78 is 0. The monoisotopic (exact) mass is 461 g/mol. The van der Waals surface area contributed by atoms with Crippen molar-refractivity contribution >= 4 is 22.5 Å². The summed E-state index contributed by atoms with van der Waals surface area (Å²) in [5, 5.41) is 1.75. The summed E-state index contributed by atoms with van der Waals surface area (Å²) in [5.74, 6) is 2.80. The van der Waals surface area contributed by atoms with Crippen LogP contribution in [0, 0.1) is 24.2 Å². The van der Waals surface area contributed by atoms with Crippen molar-refractivity contribution in [2.24, 2.45) is 17.3 Å². The van der Waals surface area contributed by atoms with Gasteiger partial charge in [0.05, 0.1) is 11.2 Å². The molecule has 0 aliphatic heterocycles. The van der Waals surface area contributed by atoms with E-state index in [9.17, 15) is 0 Å². The first kappa shape index (κ1) is 22.8. The molecule has 3 atom stereocenters. The highest BCUT2D eigenvalue weighted by atomic mass is 35.5. The topological polar surface area (TPSA) is 38.7 Å². The van der Waals surface area contributed by atoms with Crippen molar-refractivity contribution in [2.75, 3.05) is 0 Å². The second kappa shape index (κ2) is 8.98. The molecule has 33 heavy (non-hydrogen) atoms. The zero-order valence-corrected chi connectivity index (χ0v) is 21.3. The van der Waals surface area contributed by atoms with Gasteiger partial charge in [-0.1, -0.05) is 63.4 Å². The van der Waals surface area contributed by atoms with Crippen molar-refractivity contribution < 1.29 is 0 Å². The van der Waals surface area contributed by atoms with Crippen LogP contribution in [0.4, 0.5) is 0 Å². The summed E-state index contributed by atoms with van der Waals surface area (Å²) in [5.41, 5.74) is 6.06. The maximum Gasteiger partial charge on any atom is 0.161 e. The van der Waals surface area contributed by atoms with Gasteiger partial charge in [0.2, 0.25) is 0 Å². The van der Waals surface area contributed by atoms with Crippen LogP contribution >= 0.6 is 11.6 Å². The number of hydrogen-bond acceptors (Lipinski definition) is 3. The van der Waals surface area contributed by atoms with Crippen molar-refractivity contribution in [1.82, 2.24) is 15.0 Å². The van der Waals surface area contributed by atoms with Gasteiger partial charge in [0, 0.05) is 28.1 Å². The number of benzene rings is 1. The van der Waals surface area contributed by atoms with E-state index in [-0.39, 0.29) is 0 Å². The Labute approximate surface area is 203 Å². The van der Waals surface area contributed by atoms with Gasteiger partial charge in [-0.15, -0.1) is 0 Å². The van der Waals surface area contributed by atoms with Crippen LogP contribution in [-0.4, -0.2) is 15.0 Å². The molecule has 4 heteroatoms. The highest BCUT2D eigenvalue weighted by Crippen LogP contribution is 2.60. The van der Waals surface area contributed by atoms with Crippen LogP contribution in [0.15, 0.2) is 30.3 Å². The second-order valence-electron chi connectivity index (χ2n) is 10.2. The minimum Gasteiger partial charge on any atom is -0.253 e. The molecule has 2 heterocycles. The Morgan fingerprint density at radius 3 is 2.52 bits per heavy atom. The molecule has 2 aromatic heterocycles. The molecule has 3 aliphatic rings. The SMILES string of the molecule is CC.Cc1cc(-c2nc(Cl)c3c(n2)C2CCC4(CCCC4)C(C)C2CC3)c2ccccc2n1. The lowest BCUT2D eigenvalue weighted by molar-refractivity contribution is 0.0332. The van der Waals surface area contributed by atoms with Crippen molar-refractivity contribution in [1.29, 1.82) is 0 Å². The molecule has 0 amide bonds. The summed E-state index contributed by atoms with van der Waals surface area (Å²) >= 11 is 6.81. The quantitative estimate of drug-likeness (QED) is 0.342. The Balaban J connectivity index is 0.00000111. The zero-order valence-electron chi connectivity index (χ0n) is 20.5. The van der Waals surface area contributed by atoms with Crippen LogP contribution in [0.5, 0.6) is 0 Å². The van der Waals surface area contributed by atoms with Crippen molar-refractivity contribution in [2.45, 2.75) is 85.0 Å². The highest BCUT2D eigenvalue weighted by molar-refractivity contribution is 6.30. The minimum atomic E-state index is 0.526. The van der Waals surface area contributed by atoms with Gasteiger partial charge >= 0.3 is 0 Å². The molecule has 174 valence electrons. The maximum absolute atomic E-state index is 6.81. The van der Waals surface area contributed by atoms with Crippen LogP contribution in [0.25, 0.3) is 22.3 Å². The van der Waals surface area contributed by atoms with Gasteiger partial charge < -0.3 is 0 Å². The smallest absolute Gasteiger partial charge is 0.161 e. The number of para-hydroxylation sites is 1. The summed E-state index contributed by atoms with van der Waals surface area (Å²) in [6.07, 6.45) is 10.6. The Bertz CT molecular complexity index is 1160. The molecule has 0 radical (unpaired) electrons. The van der Waals surface area contributed by atoms with Gasteiger partial charge in [0.15, 0.2) is 5.82 Å². The van der Waals surface area contributed by atoms with Gasteiger partial charge in [0.1, 0.15) is 5.15 Å². The first-order chi connectivity index (χ1) is 16.1. The molecular formula is C29H36ClN3. The molecule has 3 aromatic rings. The molecule has 3 nitrogen and oxygen atoms in total. The van der Waals surface area contributed by atoms with Crippen LogP contribution in [0.2, 0.25) is 5.15 Å². The van der Waals surface area contributed by atoms with Gasteiger partial charge in [-0.3, -0.25) is 4.98 Å². The second-order valence-corrected chi connectivity index (χ2v) is 10.6. The highest BCUT2D eigenvalue weighted by Gasteiger charge is 2.50. The van der Waals surface area contributed by atoms with Crippen molar-refractivity contribution in [3.05, 3.63) is 52.4 Å². The van der Waals surface area contributed by atoms with E-state index in [1.165, 1.54) is 56.2 Å². The molecule has 3 aliphatic carbocycles. The standard InChI is InChI=1S/C27H30ClN3.C2H6/c1-16-15-22(19-7-3-4-8-23(19)29-16)26-30-24-20-11-14-27(12-5-6-13-27)17(2)18(20)9-10-21(24)25(28)31-26;1-2/h3-4,7-8,15,17-18,20H,5-6,9-14H2,1-2H3;1-2H3. The molecule has 2 fully saturated rings. The van der Waals surface area contributed by atoms with E-state index in [0.717, 1.165) is 46.2 Å². The normalized spacial score (nSPS) is 25.3. The van der Waals surface area contributed by atoms with Gasteiger partial charge in [-0.25, -0.2) is 9.97 Å². The molecule has 3 unspecified atom stereocenters. The predicted octanol–water partition coefficient (Wildman–Crippen LogP) is 8.32. The number of aryl methyl sites for hydroxylation is 1. The molecule has 0 saturated heterocycles. The summed E-state index contributed by atoms with van der Waals surface area (Å²) in [6.45, 7) is 8.58. The van der Waals surface area contributed by atoms with Gasteiger partial charge in [0.25, 0.3) is 0 Å². The van der Waals surface area contributed by atoms with Crippen LogP contribution < -0.4 is 0 Å². The fourth-order valence-electron chi connectivity index (χ4n) is 7.20. The Hall–Kier alpha value is -2.00. The Kier molecular flexibility index (Phi) is 6.20. The van der Waals surface area contributed by atoms with Crippen LogP contribution in [-0.2, 0) is 6.42 Å². The number of aromatic nitrogens is 3. The van der Waals surface area contributed by atoms with Gasteiger partial charge in [-0.2, -0.15) is 0 Å². The fourth-order valence-corrected chi connectivity index (χ4v) is 7.47. The molecule has 1 aromatic carbocycles. The number of rotatable bonds is 1. The van der Waals surface area contributed by atoms with E-state index in [1.54, 1.807) is 0 Å². The number of fused-ring (bicyclic) bond motifs is 4. The largest absolute Gasteiger partial charge is 0.253 e. The maximum atomic E-state index is 6.81. The third kappa shape index (κ3) is 3.77. The third-order valence-corrected chi connectivity index (χ3v) is 9.14. The van der Waals surface area contributed by atoms with E-state index in [0.29, 0.717) is 16.5 Å². The Morgan fingerprint density at radius 1 is 0.970 bits per heavy atom. The fraction of sp³-hybridized carbons (Fsp3) is 0.552. The number of nitrogens with zero attached hydrogens (tertiary/aromatic N) is 3. The van der Waals surface area contributed by atoms with Crippen molar-refractivity contribution in [3.8, 4) is 11.4 Å². The third-order valence-electron chi connectivity index (χ3n) is 8.83. The molecule has 6 rings (SSSR count). The van der Waals surface area contributed by atoms with Crippen LogP contribution in [0.3, 0.4) is 0 Å². The molecule has 1 spiro atoms. The zero-order chi connectivity index (χ0) is 23.2. The molecule has 0 N–H and O–H groups in total. The molecular weight excluding hydrogens is 426 g/mol. The van der Waals surface area contributed by atoms with E-state index in [2.05, 4.69) is 31.2 Å². The van der Waals surface area contributed by atoms with Crippen molar-refractivity contribution in [3.63, 3.8) is 0 Å². The van der Waals surface area contributed by atoms with E-state index < -0.39 is 0 Å². The first-order valence-corrected chi connectivity index (χ1v) is 13.4. The average Bonchev–Trinajstić information content (AvgIpc) is 3.31. The van der Waals surface area contributed by atoms with Crippen LogP contribution in [0.1, 0.15) is 88.6 Å². The first-order valence-electron chi connectivity index (χ1n) is 13.0. The Morgan fingerprint density at radius 2 is 1.73 bits per heavy atom. The van der Waals surface area contributed by atoms with E-state index in [1.807, 2.05) is 26.8 Å². The number of halogens is 1. The minimum absolute atomic E-state index is 0.526. The summed E-state index contributed by atoms with van der Waals surface area (Å²) in [6, 6.07) is 10.4. The van der Waals surface area contributed by atoms with E-state index >= 15 is 0 Å².